The van der Waals surface area contributed by atoms with E-state index in [-0.39, 0.29) is 0 Å². The predicted octanol–water partition coefficient (Wildman–Crippen LogP) is -0.482. The summed E-state index contributed by atoms with van der Waals surface area (Å²) in [5.74, 6) is -0.408. The van der Waals surface area contributed by atoms with Crippen LogP contribution >= 0.6 is 0 Å². The number of carbonyl (C=O) groups excluding carboxylic acids is 1. The molecule has 0 aliphatic heterocycles. The van der Waals surface area contributed by atoms with Crippen molar-refractivity contribution in [2.24, 2.45) is 0 Å². The highest BCUT2D eigenvalue weighted by Crippen LogP contribution is 1.92. The third kappa shape index (κ3) is 4.04. The first-order valence-electron chi connectivity index (χ1n) is 2.18. The topological polar surface area (TPSA) is 69.7 Å². The molecule has 0 N–H and O–H groups in total. The Morgan fingerprint density at radius 1 is 1.60 bits per heavy atom. The first-order valence-corrected chi connectivity index (χ1v) is 3.76. The van der Waals surface area contributed by atoms with Crippen LogP contribution in [-0.2, 0) is 24.1 Å². The van der Waals surface area contributed by atoms with Gasteiger partial charge in [-0.05, 0) is 0 Å². The number of rotatable bonds is 5. The molecule has 0 bridgehead atoms. The van der Waals surface area contributed by atoms with Crippen molar-refractivity contribution in [3.8, 4) is 0 Å². The summed E-state index contributed by atoms with van der Waals surface area (Å²) >= 11 is 0. The number of hydrogen-bond acceptors (Lipinski definition) is 5. The SMILES string of the molecule is C=CCS(=O)(=O)OO[C]=O. The van der Waals surface area contributed by atoms with Crippen LogP contribution in [0.15, 0.2) is 12.7 Å². The fourth-order valence-corrected chi connectivity index (χ4v) is 0.714. The first-order chi connectivity index (χ1) is 4.62. The second kappa shape index (κ2) is 4.02. The van der Waals surface area contributed by atoms with Crippen molar-refractivity contribution in [2.75, 3.05) is 5.75 Å². The minimum atomic E-state index is -3.80. The largest absolute Gasteiger partial charge is 0.454 e. The van der Waals surface area contributed by atoms with Gasteiger partial charge in [-0.15, -0.1) is 6.58 Å². The zero-order valence-corrected chi connectivity index (χ0v) is 5.76. The van der Waals surface area contributed by atoms with Crippen molar-refractivity contribution in [2.45, 2.75) is 0 Å². The van der Waals surface area contributed by atoms with Gasteiger partial charge in [-0.3, -0.25) is 4.89 Å². The maximum atomic E-state index is 10.4. The molecule has 0 aromatic carbocycles. The van der Waals surface area contributed by atoms with Gasteiger partial charge in [-0.2, -0.15) is 8.42 Å². The molecule has 0 aromatic rings. The highest BCUT2D eigenvalue weighted by atomic mass is 32.2. The molecule has 0 aliphatic carbocycles. The summed E-state index contributed by atoms with van der Waals surface area (Å²) in [5.41, 5.74) is 0. The van der Waals surface area contributed by atoms with Gasteiger partial charge in [0.1, 0.15) is 0 Å². The van der Waals surface area contributed by atoms with Gasteiger partial charge >= 0.3 is 16.6 Å². The van der Waals surface area contributed by atoms with Crippen molar-refractivity contribution in [3.63, 3.8) is 0 Å². The lowest BCUT2D eigenvalue weighted by molar-refractivity contribution is -0.110. The standard InChI is InChI=1S/C4H5O5S/c1-2-3-10(6,7)9-8-4-5/h2H,1,3H2. The van der Waals surface area contributed by atoms with E-state index in [4.69, 9.17) is 0 Å². The minimum Gasteiger partial charge on any atom is -0.268 e. The molecule has 0 aliphatic rings. The summed E-state index contributed by atoms with van der Waals surface area (Å²) in [6.07, 6.45) is 1.10. The van der Waals surface area contributed by atoms with Crippen LogP contribution in [0.4, 0.5) is 0 Å². The van der Waals surface area contributed by atoms with E-state index in [9.17, 15) is 13.2 Å². The molecular weight excluding hydrogens is 160 g/mol. The minimum absolute atomic E-state index is 0.408. The molecule has 10 heavy (non-hydrogen) atoms. The Balaban J connectivity index is 3.87. The maximum Gasteiger partial charge on any atom is 0.454 e. The Morgan fingerprint density at radius 2 is 2.20 bits per heavy atom. The highest BCUT2D eigenvalue weighted by Gasteiger charge is 2.09. The molecule has 0 saturated carbocycles. The Bertz CT molecular complexity index is 204. The molecule has 0 amide bonds. The second-order valence-corrected chi connectivity index (χ2v) is 2.83. The van der Waals surface area contributed by atoms with Crippen molar-refractivity contribution >= 4 is 16.6 Å². The molecule has 1 radical (unpaired) electrons. The summed E-state index contributed by atoms with van der Waals surface area (Å²) < 4.78 is 24.4. The summed E-state index contributed by atoms with van der Waals surface area (Å²) in [4.78, 5) is 12.7. The lowest BCUT2D eigenvalue weighted by Crippen LogP contribution is -2.08. The molecule has 0 rings (SSSR count). The van der Waals surface area contributed by atoms with Crippen molar-refractivity contribution in [1.29, 1.82) is 0 Å². The molecule has 0 atom stereocenters. The smallest absolute Gasteiger partial charge is 0.268 e. The van der Waals surface area contributed by atoms with Gasteiger partial charge in [0, 0.05) is 0 Å². The van der Waals surface area contributed by atoms with Gasteiger partial charge in [0.05, 0.1) is 5.75 Å². The molecular formula is C4H5O5S. The van der Waals surface area contributed by atoms with Gasteiger partial charge in [0.15, 0.2) is 0 Å². The zero-order chi connectivity index (χ0) is 8.04. The van der Waals surface area contributed by atoms with E-state index < -0.39 is 15.9 Å². The Morgan fingerprint density at radius 3 is 2.60 bits per heavy atom. The Labute approximate surface area is 58.3 Å². The lowest BCUT2D eigenvalue weighted by Gasteiger charge is -1.94. The van der Waals surface area contributed by atoms with Crippen LogP contribution in [0.2, 0.25) is 0 Å². The van der Waals surface area contributed by atoms with Crippen LogP contribution in [-0.4, -0.2) is 20.6 Å². The average Bonchev–Trinajstić information content (AvgIpc) is 1.84. The quantitative estimate of drug-likeness (QED) is 0.312. The average molecular weight is 165 g/mol. The highest BCUT2D eigenvalue weighted by molar-refractivity contribution is 7.86. The molecule has 0 fully saturated rings. The third-order valence-corrected chi connectivity index (χ3v) is 1.41. The van der Waals surface area contributed by atoms with Crippen LogP contribution in [0.25, 0.3) is 0 Å². The molecule has 57 valence electrons. The molecule has 0 heterocycles. The molecule has 0 aromatic heterocycles. The van der Waals surface area contributed by atoms with Gasteiger partial charge < -0.3 is 0 Å². The van der Waals surface area contributed by atoms with Crippen LogP contribution in [0.1, 0.15) is 0 Å². The monoisotopic (exact) mass is 165 g/mol. The van der Waals surface area contributed by atoms with Gasteiger partial charge in [-0.25, -0.2) is 4.79 Å². The fraction of sp³-hybridized carbons (Fsp3) is 0.250. The van der Waals surface area contributed by atoms with Crippen molar-refractivity contribution in [3.05, 3.63) is 12.7 Å². The van der Waals surface area contributed by atoms with E-state index >= 15 is 0 Å². The lowest BCUT2D eigenvalue weighted by atomic mass is 10.8. The van der Waals surface area contributed by atoms with E-state index in [1.54, 1.807) is 0 Å². The molecule has 0 saturated heterocycles. The van der Waals surface area contributed by atoms with Crippen LogP contribution in [0.3, 0.4) is 0 Å². The van der Waals surface area contributed by atoms with E-state index in [1.165, 1.54) is 0 Å². The van der Waals surface area contributed by atoms with Crippen molar-refractivity contribution < 1.29 is 22.4 Å². The van der Waals surface area contributed by atoms with E-state index in [0.717, 1.165) is 12.5 Å². The van der Waals surface area contributed by atoms with E-state index in [2.05, 4.69) is 15.8 Å². The summed E-state index contributed by atoms with van der Waals surface area (Å²) in [6, 6.07) is 0. The molecule has 6 heteroatoms. The summed E-state index contributed by atoms with van der Waals surface area (Å²) in [5, 5.41) is 0. The molecule has 0 spiro atoms. The Kier molecular flexibility index (Phi) is 3.67. The summed E-state index contributed by atoms with van der Waals surface area (Å²) in [6.45, 7) is 3.94. The van der Waals surface area contributed by atoms with Crippen LogP contribution < -0.4 is 0 Å². The van der Waals surface area contributed by atoms with Crippen LogP contribution in [0, 0.1) is 0 Å². The fourth-order valence-electron chi connectivity index (χ4n) is 0.238. The van der Waals surface area contributed by atoms with Crippen LogP contribution in [0.5, 0.6) is 0 Å². The van der Waals surface area contributed by atoms with Gasteiger partial charge in [-0.1, -0.05) is 10.4 Å². The van der Waals surface area contributed by atoms with Gasteiger partial charge in [0.2, 0.25) is 0 Å². The van der Waals surface area contributed by atoms with Gasteiger partial charge in [0.25, 0.3) is 0 Å². The third-order valence-electron chi connectivity index (χ3n) is 0.494. The number of hydrogen-bond donors (Lipinski definition) is 0. The molecule has 0 unspecified atom stereocenters. The summed E-state index contributed by atoms with van der Waals surface area (Å²) in [7, 11) is -3.80. The predicted molar refractivity (Wildman–Crippen MR) is 31.8 cm³/mol. The van der Waals surface area contributed by atoms with Crippen molar-refractivity contribution in [1.82, 2.24) is 0 Å². The normalized spacial score (nSPS) is 10.4. The van der Waals surface area contributed by atoms with E-state index in [0.29, 0.717) is 0 Å². The Hall–Kier alpha value is -0.880. The first kappa shape index (κ1) is 9.12. The zero-order valence-electron chi connectivity index (χ0n) is 4.94. The second-order valence-electron chi connectivity index (χ2n) is 1.25. The van der Waals surface area contributed by atoms with E-state index in [1.807, 2.05) is 0 Å². The molecule has 5 nitrogen and oxygen atoms in total. The maximum absolute atomic E-state index is 10.4.